The highest BCUT2D eigenvalue weighted by Gasteiger charge is 2.32. The normalized spacial score (nSPS) is 13.1. The molecule has 2 amide bonds. The molecular weight excluding hydrogens is 522 g/mol. The zero-order valence-corrected chi connectivity index (χ0v) is 20.9. The lowest BCUT2D eigenvalue weighted by Crippen LogP contribution is -2.48. The molecule has 34 heavy (non-hydrogen) atoms. The number of methoxy groups -OCH3 is 1. The standard InChI is InChI=1S/C24H22BrN3O5S/c1-16-7-9-17(10-8-16)28(34(31,32)18-11-12-22(33-2)19(25)13-18)15-24(30)27-14-23(29)26-20-5-3-4-6-21(20)27/h3-13H,14-15H2,1-2H3,(H,26,29). The van der Waals surface area contributed by atoms with Gasteiger partial charge >= 0.3 is 0 Å². The highest BCUT2D eigenvalue weighted by Crippen LogP contribution is 2.32. The van der Waals surface area contributed by atoms with E-state index in [1.54, 1.807) is 48.5 Å². The summed E-state index contributed by atoms with van der Waals surface area (Å²) >= 11 is 3.33. The van der Waals surface area contributed by atoms with E-state index in [1.165, 1.54) is 30.2 Å². The third kappa shape index (κ3) is 4.64. The number of nitrogens with zero attached hydrogens (tertiary/aromatic N) is 2. The Hall–Kier alpha value is -3.37. The van der Waals surface area contributed by atoms with Crippen LogP contribution in [0.4, 0.5) is 17.1 Å². The highest BCUT2D eigenvalue weighted by molar-refractivity contribution is 9.10. The van der Waals surface area contributed by atoms with Crippen LogP contribution in [0.3, 0.4) is 0 Å². The largest absolute Gasteiger partial charge is 0.496 e. The molecule has 10 heteroatoms. The first-order chi connectivity index (χ1) is 16.2. The maximum Gasteiger partial charge on any atom is 0.264 e. The van der Waals surface area contributed by atoms with E-state index in [1.807, 2.05) is 6.92 Å². The SMILES string of the molecule is COc1ccc(S(=O)(=O)N(CC(=O)N2CC(=O)Nc3ccccc32)c2ccc(C)cc2)cc1Br. The molecule has 1 N–H and O–H groups in total. The Morgan fingerprint density at radius 2 is 1.82 bits per heavy atom. The lowest BCUT2D eigenvalue weighted by atomic mass is 10.2. The molecule has 1 aliphatic rings. The van der Waals surface area contributed by atoms with Gasteiger partial charge in [0.05, 0.1) is 33.5 Å². The molecule has 0 unspecified atom stereocenters. The molecule has 3 aromatic rings. The molecule has 176 valence electrons. The molecule has 4 rings (SSSR count). The topological polar surface area (TPSA) is 96.0 Å². The zero-order valence-electron chi connectivity index (χ0n) is 18.5. The van der Waals surface area contributed by atoms with Crippen molar-refractivity contribution in [2.45, 2.75) is 11.8 Å². The quantitative estimate of drug-likeness (QED) is 0.507. The average Bonchev–Trinajstić information content (AvgIpc) is 2.82. The minimum absolute atomic E-state index is 0.00895. The first-order valence-corrected chi connectivity index (χ1v) is 12.6. The van der Waals surface area contributed by atoms with E-state index in [2.05, 4.69) is 21.2 Å². The first-order valence-electron chi connectivity index (χ1n) is 10.3. The molecule has 8 nitrogen and oxygen atoms in total. The number of hydrogen-bond acceptors (Lipinski definition) is 5. The van der Waals surface area contributed by atoms with Gasteiger partial charge in [-0.2, -0.15) is 0 Å². The van der Waals surface area contributed by atoms with Crippen molar-refractivity contribution in [1.29, 1.82) is 0 Å². The molecular formula is C24H22BrN3O5S. The summed E-state index contributed by atoms with van der Waals surface area (Å²) in [7, 11) is -2.66. The second-order valence-corrected chi connectivity index (χ2v) is 10.4. The van der Waals surface area contributed by atoms with Crippen molar-refractivity contribution in [2.24, 2.45) is 0 Å². The van der Waals surface area contributed by atoms with Crippen LogP contribution in [0.1, 0.15) is 5.56 Å². The summed E-state index contributed by atoms with van der Waals surface area (Å²) in [6, 6.07) is 18.1. The number of anilines is 3. The summed E-state index contributed by atoms with van der Waals surface area (Å²) in [4.78, 5) is 26.9. The lowest BCUT2D eigenvalue weighted by molar-refractivity contribution is -0.121. The van der Waals surface area contributed by atoms with Gasteiger partial charge in [0.1, 0.15) is 18.8 Å². The summed E-state index contributed by atoms with van der Waals surface area (Å²) in [5, 5.41) is 2.73. The number of para-hydroxylation sites is 2. The fourth-order valence-electron chi connectivity index (χ4n) is 3.62. The highest BCUT2D eigenvalue weighted by atomic mass is 79.9. The van der Waals surface area contributed by atoms with E-state index in [0.717, 1.165) is 9.87 Å². The first kappa shape index (κ1) is 23.8. The number of carbonyl (C=O) groups excluding carboxylic acids is 2. The number of carbonyl (C=O) groups is 2. The number of halogens is 1. The van der Waals surface area contributed by atoms with E-state index in [-0.39, 0.29) is 17.3 Å². The Labute approximate surface area is 206 Å². The van der Waals surface area contributed by atoms with Crippen LogP contribution in [0.25, 0.3) is 0 Å². The van der Waals surface area contributed by atoms with Crippen molar-refractivity contribution in [2.75, 3.05) is 34.7 Å². The summed E-state index contributed by atoms with van der Waals surface area (Å²) < 4.78 is 34.1. The van der Waals surface area contributed by atoms with Gasteiger partial charge in [0, 0.05) is 0 Å². The predicted molar refractivity (Wildman–Crippen MR) is 134 cm³/mol. The van der Waals surface area contributed by atoms with Gasteiger partial charge in [-0.3, -0.25) is 18.8 Å². The Kier molecular flexibility index (Phi) is 6.63. The molecule has 0 saturated heterocycles. The minimum atomic E-state index is -4.14. The molecule has 0 spiro atoms. The van der Waals surface area contributed by atoms with Crippen LogP contribution < -0.4 is 19.3 Å². The number of ether oxygens (including phenoxy) is 1. The van der Waals surface area contributed by atoms with E-state index in [9.17, 15) is 18.0 Å². The molecule has 0 aromatic heterocycles. The number of amides is 2. The lowest BCUT2D eigenvalue weighted by Gasteiger charge is -2.32. The van der Waals surface area contributed by atoms with Crippen molar-refractivity contribution in [3.05, 3.63) is 76.8 Å². The molecule has 0 aliphatic carbocycles. The molecule has 0 fully saturated rings. The Morgan fingerprint density at radius 3 is 2.50 bits per heavy atom. The van der Waals surface area contributed by atoms with E-state index in [4.69, 9.17) is 4.74 Å². The van der Waals surface area contributed by atoms with Crippen molar-refractivity contribution in [1.82, 2.24) is 0 Å². The fraction of sp³-hybridized carbons (Fsp3) is 0.167. The van der Waals surface area contributed by atoms with Crippen molar-refractivity contribution >= 4 is 54.8 Å². The molecule has 0 saturated carbocycles. The van der Waals surface area contributed by atoms with Gasteiger partial charge < -0.3 is 10.1 Å². The Balaban J connectivity index is 1.74. The van der Waals surface area contributed by atoms with Gasteiger partial charge in [-0.25, -0.2) is 8.42 Å². The number of benzene rings is 3. The number of rotatable bonds is 6. The van der Waals surface area contributed by atoms with Crippen molar-refractivity contribution < 1.29 is 22.7 Å². The van der Waals surface area contributed by atoms with Gasteiger partial charge in [0.25, 0.3) is 10.0 Å². The van der Waals surface area contributed by atoms with Crippen molar-refractivity contribution in [3.63, 3.8) is 0 Å². The molecule has 0 bridgehead atoms. The Bertz CT molecular complexity index is 1360. The number of fused-ring (bicyclic) bond motifs is 1. The second-order valence-electron chi connectivity index (χ2n) is 7.69. The third-order valence-electron chi connectivity index (χ3n) is 5.38. The summed E-state index contributed by atoms with van der Waals surface area (Å²) in [6.07, 6.45) is 0. The Morgan fingerprint density at radius 1 is 1.12 bits per heavy atom. The number of hydrogen-bond donors (Lipinski definition) is 1. The van der Waals surface area contributed by atoms with Gasteiger partial charge in [-0.05, 0) is 65.3 Å². The van der Waals surface area contributed by atoms with E-state index in [0.29, 0.717) is 27.3 Å². The summed E-state index contributed by atoms with van der Waals surface area (Å²) in [5.74, 6) is -0.400. The van der Waals surface area contributed by atoms with Gasteiger partial charge in [0.2, 0.25) is 11.8 Å². The minimum Gasteiger partial charge on any atom is -0.496 e. The van der Waals surface area contributed by atoms with Crippen LogP contribution in [0.5, 0.6) is 5.75 Å². The second kappa shape index (κ2) is 9.47. The maximum atomic E-state index is 13.7. The average molecular weight is 544 g/mol. The molecule has 1 aliphatic heterocycles. The number of aryl methyl sites for hydroxylation is 1. The van der Waals surface area contributed by atoms with Crippen LogP contribution in [0.15, 0.2) is 76.1 Å². The molecule has 0 atom stereocenters. The van der Waals surface area contributed by atoms with Gasteiger partial charge in [0.15, 0.2) is 0 Å². The fourth-order valence-corrected chi connectivity index (χ4v) is 5.76. The molecule has 0 radical (unpaired) electrons. The van der Waals surface area contributed by atoms with Gasteiger partial charge in [-0.1, -0.05) is 29.8 Å². The third-order valence-corrected chi connectivity index (χ3v) is 7.77. The molecule has 1 heterocycles. The summed E-state index contributed by atoms with van der Waals surface area (Å²) in [5.41, 5.74) is 2.29. The smallest absolute Gasteiger partial charge is 0.264 e. The zero-order chi connectivity index (χ0) is 24.5. The summed E-state index contributed by atoms with van der Waals surface area (Å²) in [6.45, 7) is 1.19. The number of nitrogens with one attached hydrogen (secondary N) is 1. The predicted octanol–water partition coefficient (Wildman–Crippen LogP) is 3.95. The van der Waals surface area contributed by atoms with Crippen LogP contribution in [0, 0.1) is 6.92 Å². The van der Waals surface area contributed by atoms with Crippen LogP contribution in [-0.2, 0) is 19.6 Å². The molecule has 3 aromatic carbocycles. The number of sulfonamides is 1. The maximum absolute atomic E-state index is 13.7. The van der Waals surface area contributed by atoms with Crippen molar-refractivity contribution in [3.8, 4) is 5.75 Å². The van der Waals surface area contributed by atoms with Crippen LogP contribution in [0.2, 0.25) is 0 Å². The monoisotopic (exact) mass is 543 g/mol. The van der Waals surface area contributed by atoms with Crippen LogP contribution in [-0.4, -0.2) is 40.4 Å². The van der Waals surface area contributed by atoms with Crippen LogP contribution >= 0.6 is 15.9 Å². The van der Waals surface area contributed by atoms with Gasteiger partial charge in [-0.15, -0.1) is 0 Å². The van der Waals surface area contributed by atoms with E-state index >= 15 is 0 Å². The van der Waals surface area contributed by atoms with E-state index < -0.39 is 22.5 Å².